The first-order valence-electron chi connectivity index (χ1n) is 11.1. The molecule has 3 aromatic heterocycles. The van der Waals surface area contributed by atoms with Crippen LogP contribution in [-0.4, -0.2) is 54.9 Å². The van der Waals surface area contributed by atoms with Crippen LogP contribution in [0.15, 0.2) is 43.0 Å². The summed E-state index contributed by atoms with van der Waals surface area (Å²) in [4.78, 5) is 35.0. The van der Waals surface area contributed by atoms with E-state index in [4.69, 9.17) is 0 Å². The van der Waals surface area contributed by atoms with Crippen molar-refractivity contribution in [1.29, 1.82) is 0 Å². The van der Waals surface area contributed by atoms with Crippen LogP contribution in [0.4, 0.5) is 19.0 Å². The van der Waals surface area contributed by atoms with Crippen molar-refractivity contribution in [3.05, 3.63) is 65.4 Å². The van der Waals surface area contributed by atoms with Gasteiger partial charge in [-0.05, 0) is 56.0 Å². The van der Waals surface area contributed by atoms with Gasteiger partial charge >= 0.3 is 6.18 Å². The van der Waals surface area contributed by atoms with Crippen LogP contribution >= 0.6 is 0 Å². The number of anilines is 1. The third kappa shape index (κ3) is 3.00. The van der Waals surface area contributed by atoms with Crippen LogP contribution in [-0.2, 0) is 6.18 Å². The van der Waals surface area contributed by atoms with Gasteiger partial charge in [0.2, 0.25) is 0 Å². The molecule has 0 aromatic carbocycles. The first-order chi connectivity index (χ1) is 16.3. The molecule has 6 heterocycles. The zero-order chi connectivity index (χ0) is 23.8. The molecule has 7 nitrogen and oxygen atoms in total. The van der Waals surface area contributed by atoms with E-state index in [1.807, 2.05) is 23.6 Å². The van der Waals surface area contributed by atoms with E-state index in [2.05, 4.69) is 19.9 Å². The number of rotatable bonds is 3. The molecule has 3 aromatic rings. The van der Waals surface area contributed by atoms with E-state index in [-0.39, 0.29) is 30.1 Å². The Hall–Kier alpha value is -3.56. The monoisotopic (exact) mass is 466 g/mol. The van der Waals surface area contributed by atoms with Crippen LogP contribution in [0.3, 0.4) is 0 Å². The molecule has 0 radical (unpaired) electrons. The van der Waals surface area contributed by atoms with E-state index in [1.165, 1.54) is 6.07 Å². The van der Waals surface area contributed by atoms with Crippen LogP contribution in [0.2, 0.25) is 0 Å². The molecular formula is C24H21F3N6O. The third-order valence-electron chi connectivity index (χ3n) is 7.32. The standard InChI is InChI=1S/C24H21F3N6O/c1-12-10-31-19(18(13(12)2)22-28-8-3-9-29-22)23(34)32-15-5-6-16(32)21-20(15)33(21)17-7-4-14(11-30-17)24(25,26)27/h3-4,7-11,15-16,20-21H,5-6H2,1-2H3. The Morgan fingerprint density at radius 3 is 2.24 bits per heavy atom. The van der Waals surface area contributed by atoms with Gasteiger partial charge in [0.25, 0.3) is 5.91 Å². The van der Waals surface area contributed by atoms with Crippen LogP contribution in [0.25, 0.3) is 11.4 Å². The van der Waals surface area contributed by atoms with Gasteiger partial charge in [-0.15, -0.1) is 0 Å². The maximum absolute atomic E-state index is 13.8. The number of pyridine rings is 2. The van der Waals surface area contributed by atoms with Gasteiger partial charge in [0, 0.05) is 24.8 Å². The van der Waals surface area contributed by atoms with Crippen LogP contribution in [0, 0.1) is 13.8 Å². The van der Waals surface area contributed by atoms with E-state index < -0.39 is 11.7 Å². The summed E-state index contributed by atoms with van der Waals surface area (Å²) in [5, 5.41) is 0. The first-order valence-corrected chi connectivity index (χ1v) is 11.1. The molecule has 3 aliphatic heterocycles. The van der Waals surface area contributed by atoms with E-state index in [0.29, 0.717) is 22.9 Å². The van der Waals surface area contributed by atoms with Gasteiger partial charge in [0.15, 0.2) is 5.82 Å². The number of carbonyl (C=O) groups is 1. The Bertz CT molecular complexity index is 1260. The molecule has 0 N–H and O–H groups in total. The fraction of sp³-hybridized carbons (Fsp3) is 0.375. The molecule has 4 atom stereocenters. The quantitative estimate of drug-likeness (QED) is 0.547. The highest BCUT2D eigenvalue weighted by molar-refractivity contribution is 6.00. The molecular weight excluding hydrogens is 445 g/mol. The van der Waals surface area contributed by atoms with Gasteiger partial charge in [0.1, 0.15) is 11.5 Å². The van der Waals surface area contributed by atoms with Gasteiger partial charge < -0.3 is 9.80 Å². The molecule has 3 saturated heterocycles. The molecule has 0 spiro atoms. The zero-order valence-corrected chi connectivity index (χ0v) is 18.5. The maximum Gasteiger partial charge on any atom is 0.417 e. The molecule has 0 aliphatic carbocycles. The second-order valence-electron chi connectivity index (χ2n) is 9.08. The van der Waals surface area contributed by atoms with Crippen molar-refractivity contribution in [3.8, 4) is 11.4 Å². The number of fused-ring (bicyclic) bond motifs is 5. The van der Waals surface area contributed by atoms with Gasteiger partial charge in [-0.1, -0.05) is 0 Å². The van der Waals surface area contributed by atoms with Gasteiger partial charge in [0.05, 0.1) is 35.3 Å². The predicted molar refractivity (Wildman–Crippen MR) is 117 cm³/mol. The minimum atomic E-state index is -4.41. The average molecular weight is 466 g/mol. The predicted octanol–water partition coefficient (Wildman–Crippen LogP) is 3.81. The van der Waals surface area contributed by atoms with Gasteiger partial charge in [-0.25, -0.2) is 15.0 Å². The zero-order valence-electron chi connectivity index (χ0n) is 18.5. The van der Waals surface area contributed by atoms with Crippen LogP contribution < -0.4 is 4.90 Å². The number of halogens is 3. The molecule has 34 heavy (non-hydrogen) atoms. The van der Waals surface area contributed by atoms with Crippen LogP contribution in [0.5, 0.6) is 0 Å². The smallest absolute Gasteiger partial charge is 0.342 e. The minimum Gasteiger partial charge on any atom is -0.342 e. The Kier molecular flexibility index (Phi) is 4.46. The lowest BCUT2D eigenvalue weighted by Gasteiger charge is -2.28. The highest BCUT2D eigenvalue weighted by atomic mass is 19.4. The second kappa shape index (κ2) is 7.22. The number of carbonyl (C=O) groups excluding carboxylic acids is 1. The lowest BCUT2D eigenvalue weighted by Crippen LogP contribution is -2.43. The lowest BCUT2D eigenvalue weighted by atomic mass is 10.0. The van der Waals surface area contributed by atoms with Crippen molar-refractivity contribution in [2.24, 2.45) is 0 Å². The molecule has 6 rings (SSSR count). The van der Waals surface area contributed by atoms with Gasteiger partial charge in [-0.3, -0.25) is 9.78 Å². The molecule has 10 heteroatoms. The molecule has 3 aliphatic rings. The molecule has 4 unspecified atom stereocenters. The minimum absolute atomic E-state index is 0.0282. The van der Waals surface area contributed by atoms with Crippen molar-refractivity contribution >= 4 is 11.7 Å². The van der Waals surface area contributed by atoms with E-state index >= 15 is 0 Å². The third-order valence-corrected chi connectivity index (χ3v) is 7.32. The van der Waals surface area contributed by atoms with E-state index in [9.17, 15) is 18.0 Å². The van der Waals surface area contributed by atoms with E-state index in [0.717, 1.165) is 36.2 Å². The summed E-state index contributed by atoms with van der Waals surface area (Å²) in [6.45, 7) is 3.88. The summed E-state index contributed by atoms with van der Waals surface area (Å²) in [7, 11) is 0. The Balaban J connectivity index is 1.29. The highest BCUT2D eigenvalue weighted by Crippen LogP contribution is 2.54. The largest absolute Gasteiger partial charge is 0.417 e. The lowest BCUT2D eigenvalue weighted by molar-refractivity contribution is -0.137. The van der Waals surface area contributed by atoms with Gasteiger partial charge in [-0.2, -0.15) is 13.2 Å². The number of alkyl halides is 3. The summed E-state index contributed by atoms with van der Waals surface area (Å²) < 4.78 is 38.7. The average Bonchev–Trinajstić information content (AvgIpc) is 3.33. The Morgan fingerprint density at radius 2 is 1.65 bits per heavy atom. The second-order valence-corrected chi connectivity index (χ2v) is 9.08. The molecule has 3 fully saturated rings. The highest BCUT2D eigenvalue weighted by Gasteiger charge is 2.69. The molecule has 1 amide bonds. The topological polar surface area (TPSA) is 74.9 Å². The summed E-state index contributed by atoms with van der Waals surface area (Å²) in [6, 6.07) is 4.28. The number of amides is 1. The van der Waals surface area contributed by atoms with Crippen molar-refractivity contribution < 1.29 is 18.0 Å². The van der Waals surface area contributed by atoms with Crippen molar-refractivity contribution in [2.75, 3.05) is 4.90 Å². The number of aromatic nitrogens is 4. The summed E-state index contributed by atoms with van der Waals surface area (Å²) in [6.07, 6.45) is 3.13. The summed E-state index contributed by atoms with van der Waals surface area (Å²) in [5.41, 5.74) is 2.08. The fourth-order valence-corrected chi connectivity index (χ4v) is 5.63. The van der Waals surface area contributed by atoms with Crippen molar-refractivity contribution in [2.45, 2.75) is 57.0 Å². The molecule has 2 bridgehead atoms. The summed E-state index contributed by atoms with van der Waals surface area (Å²) in [5.74, 6) is 0.840. The van der Waals surface area contributed by atoms with Crippen LogP contribution in [0.1, 0.15) is 40.0 Å². The number of nitrogens with zero attached hydrogens (tertiary/aromatic N) is 6. The number of piperazine rings is 1. The Labute approximate surface area is 193 Å². The summed E-state index contributed by atoms with van der Waals surface area (Å²) >= 11 is 0. The fourth-order valence-electron chi connectivity index (χ4n) is 5.63. The van der Waals surface area contributed by atoms with Crippen molar-refractivity contribution in [1.82, 2.24) is 24.8 Å². The molecule has 0 saturated carbocycles. The normalized spacial score (nSPS) is 25.0. The Morgan fingerprint density at radius 1 is 0.971 bits per heavy atom. The number of hydrogen-bond donors (Lipinski definition) is 0. The number of hydrogen-bond acceptors (Lipinski definition) is 6. The first kappa shape index (κ1) is 21.0. The molecule has 174 valence electrons. The maximum atomic E-state index is 13.8. The number of aryl methyl sites for hydroxylation is 1. The SMILES string of the molecule is Cc1cnc(C(=O)N2C3CCC2C2C3N2c2ccc(C(F)(F)F)cn2)c(-c2ncccn2)c1C. The van der Waals surface area contributed by atoms with E-state index in [1.54, 1.807) is 24.7 Å². The van der Waals surface area contributed by atoms with Crippen molar-refractivity contribution in [3.63, 3.8) is 0 Å².